The standard InChI is InChI=1S/C16H14Cl2N8O4S3.Na.H/c1-25-16(22-23-24-25)33-3-5-2-31-13-8(12(28)26(13)9(5)14(29)30)21-11(27)7(10(17)18)6-4-32-15(19)20-6;;/h4,8,13H,2-3H2,1H3,(H2,19,20)(H,21,27)(H,29,30);;/t8?,13-;;/m1../s1. The van der Waals surface area contributed by atoms with E-state index in [4.69, 9.17) is 28.9 Å². The Balaban J connectivity index is 0.00000324. The molecule has 4 heterocycles. The van der Waals surface area contributed by atoms with Crippen LogP contribution in [0.25, 0.3) is 5.57 Å². The molecule has 18 heteroatoms. The van der Waals surface area contributed by atoms with Gasteiger partial charge in [-0.3, -0.25) is 14.5 Å². The summed E-state index contributed by atoms with van der Waals surface area (Å²) in [4.78, 5) is 42.8. The van der Waals surface area contributed by atoms with Crippen LogP contribution in [0.5, 0.6) is 0 Å². The molecule has 2 aliphatic rings. The van der Waals surface area contributed by atoms with Crippen molar-refractivity contribution in [3.8, 4) is 0 Å². The summed E-state index contributed by atoms with van der Waals surface area (Å²) in [6.45, 7) is 0. The van der Waals surface area contributed by atoms with Gasteiger partial charge in [0.15, 0.2) is 5.13 Å². The number of rotatable bonds is 7. The first-order chi connectivity index (χ1) is 15.7. The number of hydrogen-bond acceptors (Lipinski definition) is 11. The molecule has 1 saturated heterocycles. The van der Waals surface area contributed by atoms with Crippen molar-refractivity contribution in [2.24, 2.45) is 7.05 Å². The number of nitrogen functional groups attached to an aromatic ring is 1. The number of carbonyl (C=O) groups is 3. The summed E-state index contributed by atoms with van der Waals surface area (Å²) in [5.74, 6) is -1.86. The SMILES string of the molecule is Cn1nnnc1SCC1=C(C(=O)O)N2C(=O)C(NC(=O)C(=C(Cl)Cl)c3csc(N)n3)[C@H]2SC1.[NaH]. The Morgan fingerprint density at radius 2 is 2.15 bits per heavy atom. The number of thiazole rings is 1. The van der Waals surface area contributed by atoms with E-state index in [9.17, 15) is 19.5 Å². The van der Waals surface area contributed by atoms with Gasteiger partial charge in [-0.25, -0.2) is 14.5 Å². The molecule has 2 aromatic rings. The zero-order chi connectivity index (χ0) is 23.9. The number of carboxylic acids is 1. The van der Waals surface area contributed by atoms with Crippen LogP contribution in [-0.4, -0.2) is 105 Å². The number of nitrogens with two attached hydrogens (primary N) is 1. The van der Waals surface area contributed by atoms with E-state index in [1.807, 2.05) is 0 Å². The molecule has 2 aromatic heterocycles. The number of carbonyl (C=O) groups excluding carboxylic acids is 2. The van der Waals surface area contributed by atoms with Gasteiger partial charge in [0.1, 0.15) is 21.6 Å². The van der Waals surface area contributed by atoms with Crippen molar-refractivity contribution >= 4 is 116 Å². The number of aryl methyl sites for hydroxylation is 1. The number of nitrogens with one attached hydrogen (secondary N) is 1. The van der Waals surface area contributed by atoms with E-state index in [2.05, 4.69) is 25.8 Å². The summed E-state index contributed by atoms with van der Waals surface area (Å²) in [6, 6.07) is -0.951. The predicted molar refractivity (Wildman–Crippen MR) is 132 cm³/mol. The van der Waals surface area contributed by atoms with E-state index in [0.29, 0.717) is 16.5 Å². The molecule has 2 amide bonds. The second-order valence-corrected chi connectivity index (χ2v) is 10.6. The zero-order valence-corrected chi connectivity index (χ0v) is 20.5. The minimum atomic E-state index is -1.23. The van der Waals surface area contributed by atoms with Crippen molar-refractivity contribution in [3.63, 3.8) is 0 Å². The molecule has 1 fully saturated rings. The number of hydrogen-bond donors (Lipinski definition) is 3. The van der Waals surface area contributed by atoms with Gasteiger partial charge in [-0.2, -0.15) is 0 Å². The van der Waals surface area contributed by atoms with Crippen LogP contribution in [-0.2, 0) is 21.4 Å². The molecule has 0 aromatic carbocycles. The monoisotopic (exact) mass is 572 g/mol. The number of nitrogens with zero attached hydrogens (tertiary/aromatic N) is 6. The number of amides is 2. The molecule has 0 aliphatic carbocycles. The van der Waals surface area contributed by atoms with Crippen LogP contribution >= 0.6 is 58.1 Å². The van der Waals surface area contributed by atoms with Crippen LogP contribution in [0, 0.1) is 0 Å². The Morgan fingerprint density at radius 1 is 1.41 bits per heavy atom. The summed E-state index contributed by atoms with van der Waals surface area (Å²) in [6.07, 6.45) is 0. The van der Waals surface area contributed by atoms with E-state index in [-0.39, 0.29) is 61.9 Å². The molecule has 176 valence electrons. The van der Waals surface area contributed by atoms with E-state index in [1.54, 1.807) is 7.05 Å². The second kappa shape index (κ2) is 11.2. The number of aromatic nitrogens is 5. The summed E-state index contributed by atoms with van der Waals surface area (Å²) in [5.41, 5.74) is 6.12. The van der Waals surface area contributed by atoms with Gasteiger partial charge < -0.3 is 16.2 Å². The van der Waals surface area contributed by atoms with E-state index < -0.39 is 29.2 Å². The first kappa shape index (κ1) is 27.3. The quantitative estimate of drug-likeness (QED) is 0.180. The number of β-lactam (4-membered cyclic amide) rings is 1. The van der Waals surface area contributed by atoms with Crippen molar-refractivity contribution in [1.82, 2.24) is 35.4 Å². The van der Waals surface area contributed by atoms with E-state index in [0.717, 1.165) is 11.3 Å². The first-order valence-electron chi connectivity index (χ1n) is 9.01. The molecule has 0 saturated carbocycles. The fourth-order valence-corrected chi connectivity index (χ4v) is 6.46. The summed E-state index contributed by atoms with van der Waals surface area (Å²) in [7, 11) is 1.67. The molecule has 12 nitrogen and oxygen atoms in total. The molecule has 34 heavy (non-hydrogen) atoms. The van der Waals surface area contributed by atoms with Crippen LogP contribution in [0.3, 0.4) is 0 Å². The fourth-order valence-electron chi connectivity index (χ4n) is 3.20. The van der Waals surface area contributed by atoms with Crippen LogP contribution < -0.4 is 11.1 Å². The number of halogens is 2. The zero-order valence-electron chi connectivity index (χ0n) is 16.6. The molecule has 0 bridgehead atoms. The van der Waals surface area contributed by atoms with Crippen molar-refractivity contribution in [1.29, 1.82) is 0 Å². The summed E-state index contributed by atoms with van der Waals surface area (Å²) < 4.78 is 1.13. The Hall–Kier alpha value is -1.33. The third kappa shape index (κ3) is 5.26. The van der Waals surface area contributed by atoms with Gasteiger partial charge in [0, 0.05) is 23.9 Å². The van der Waals surface area contributed by atoms with Crippen molar-refractivity contribution in [2.45, 2.75) is 16.6 Å². The van der Waals surface area contributed by atoms with Gasteiger partial charge >= 0.3 is 35.5 Å². The fraction of sp³-hybridized carbons (Fsp3) is 0.312. The molecule has 4 N–H and O–H groups in total. The molecule has 4 rings (SSSR count). The minimum absolute atomic E-state index is 0. The summed E-state index contributed by atoms with van der Waals surface area (Å²) in [5, 5.41) is 25.2. The number of anilines is 1. The molecule has 2 aliphatic heterocycles. The normalized spacial score (nSPS) is 19.1. The molecular formula is C16H15Cl2N8NaO4S3. The first-order valence-corrected chi connectivity index (χ1v) is 12.7. The van der Waals surface area contributed by atoms with Crippen LogP contribution in [0.15, 0.2) is 26.3 Å². The maximum absolute atomic E-state index is 12.9. The maximum atomic E-state index is 12.9. The third-order valence-electron chi connectivity index (χ3n) is 4.69. The average molecular weight is 573 g/mol. The Labute approximate surface area is 237 Å². The van der Waals surface area contributed by atoms with Gasteiger partial charge in [-0.05, 0) is 16.0 Å². The van der Waals surface area contributed by atoms with Crippen molar-refractivity contribution < 1.29 is 19.5 Å². The van der Waals surface area contributed by atoms with E-state index >= 15 is 0 Å². The second-order valence-electron chi connectivity index (χ2n) is 6.70. The number of aliphatic carboxylic acids is 1. The van der Waals surface area contributed by atoms with Gasteiger partial charge in [-0.15, -0.1) is 28.2 Å². The number of fused-ring (bicyclic) bond motifs is 1. The van der Waals surface area contributed by atoms with Crippen molar-refractivity contribution in [2.75, 3.05) is 17.2 Å². The van der Waals surface area contributed by atoms with Gasteiger partial charge in [0.2, 0.25) is 5.16 Å². The van der Waals surface area contributed by atoms with Gasteiger partial charge in [-0.1, -0.05) is 35.0 Å². The topological polar surface area (TPSA) is 169 Å². The van der Waals surface area contributed by atoms with Gasteiger partial charge in [0.05, 0.1) is 11.3 Å². The Morgan fingerprint density at radius 3 is 2.71 bits per heavy atom. The number of carboxylic acid groups (broad SMARTS) is 1. The number of tetrazole rings is 1. The average Bonchev–Trinajstić information content (AvgIpc) is 3.37. The van der Waals surface area contributed by atoms with Crippen LogP contribution in [0.4, 0.5) is 5.13 Å². The predicted octanol–water partition coefficient (Wildman–Crippen LogP) is 0.277. The number of thioether (sulfide) groups is 2. The molecule has 0 spiro atoms. The van der Waals surface area contributed by atoms with Crippen LogP contribution in [0.1, 0.15) is 5.69 Å². The van der Waals surface area contributed by atoms with Crippen LogP contribution in [0.2, 0.25) is 0 Å². The van der Waals surface area contributed by atoms with E-state index in [1.165, 1.54) is 38.5 Å². The van der Waals surface area contributed by atoms with Gasteiger partial charge in [0.25, 0.3) is 11.8 Å². The molecule has 1 unspecified atom stereocenters. The summed E-state index contributed by atoms with van der Waals surface area (Å²) >= 11 is 15.5. The van der Waals surface area contributed by atoms with Crippen molar-refractivity contribution in [3.05, 3.63) is 26.8 Å². The Bertz CT molecular complexity index is 1210. The molecule has 0 radical (unpaired) electrons. The third-order valence-corrected chi connectivity index (χ3v) is 8.18. The molecule has 2 atom stereocenters. The Kier molecular flexibility index (Phi) is 8.95. The molecular weight excluding hydrogens is 558 g/mol.